The average molecular weight is 496 g/mol. The molecule has 0 spiro atoms. The van der Waals surface area contributed by atoms with Crippen LogP contribution in [0, 0.1) is 18.8 Å². The minimum absolute atomic E-state index is 0.0190. The van der Waals surface area contributed by atoms with Gasteiger partial charge in [0, 0.05) is 19.9 Å². The topological polar surface area (TPSA) is 141 Å². The molecule has 3 heterocycles. The molecule has 0 saturated heterocycles. The third-order valence-corrected chi connectivity index (χ3v) is 7.35. The molecule has 0 unspecified atom stereocenters. The van der Waals surface area contributed by atoms with Gasteiger partial charge in [-0.25, -0.2) is 9.67 Å². The summed E-state index contributed by atoms with van der Waals surface area (Å²) in [5.74, 6) is 2.06. The van der Waals surface area contributed by atoms with Crippen molar-refractivity contribution < 1.29 is 19.2 Å². The molecule has 11 heteroatoms. The predicted molar refractivity (Wildman–Crippen MR) is 130 cm³/mol. The number of aryl methyl sites for hydroxylation is 3. The number of ether oxygens (including phenoxy) is 1. The summed E-state index contributed by atoms with van der Waals surface area (Å²) in [7, 11) is 1.84. The summed E-state index contributed by atoms with van der Waals surface area (Å²) >= 11 is 0. The van der Waals surface area contributed by atoms with Gasteiger partial charge in [0.25, 0.3) is 5.95 Å². The van der Waals surface area contributed by atoms with Gasteiger partial charge in [-0.05, 0) is 61.7 Å². The zero-order valence-electron chi connectivity index (χ0n) is 20.8. The van der Waals surface area contributed by atoms with Gasteiger partial charge in [0.05, 0.1) is 29.7 Å². The van der Waals surface area contributed by atoms with E-state index in [1.165, 1.54) is 19.3 Å². The highest BCUT2D eigenvalue weighted by Gasteiger charge is 2.28. The van der Waals surface area contributed by atoms with E-state index in [2.05, 4.69) is 25.8 Å². The Hall–Kier alpha value is -3.50. The SMILES string of the molecule is Cc1nc(-c2nnn(C)c2CNc2noc(CCC3CCC3)n2)ccc1O[C@H]1CC[C@H](CC(=O)O)C1. The van der Waals surface area contributed by atoms with Crippen molar-refractivity contribution in [3.8, 4) is 17.1 Å². The number of hydrogen-bond donors (Lipinski definition) is 2. The lowest BCUT2D eigenvalue weighted by Crippen LogP contribution is -2.14. The summed E-state index contributed by atoms with van der Waals surface area (Å²) in [5, 5.41) is 24.8. The highest BCUT2D eigenvalue weighted by Crippen LogP contribution is 2.33. The van der Waals surface area contributed by atoms with Gasteiger partial charge in [0.1, 0.15) is 11.4 Å². The molecule has 2 aliphatic carbocycles. The number of anilines is 1. The van der Waals surface area contributed by atoms with Crippen LogP contribution in [-0.4, -0.2) is 47.3 Å². The van der Waals surface area contributed by atoms with Gasteiger partial charge in [-0.2, -0.15) is 4.98 Å². The summed E-state index contributed by atoms with van der Waals surface area (Å²) in [5.41, 5.74) is 2.99. The summed E-state index contributed by atoms with van der Waals surface area (Å²) in [6.07, 6.45) is 8.58. The van der Waals surface area contributed by atoms with Crippen LogP contribution >= 0.6 is 0 Å². The fraction of sp³-hybridized carbons (Fsp3) is 0.600. The number of pyridine rings is 1. The fourth-order valence-corrected chi connectivity index (χ4v) is 5.03. The number of carboxylic acid groups (broad SMARTS) is 1. The van der Waals surface area contributed by atoms with Crippen molar-refractivity contribution in [3.63, 3.8) is 0 Å². The molecule has 2 N–H and O–H groups in total. The van der Waals surface area contributed by atoms with Crippen molar-refractivity contribution in [2.45, 2.75) is 77.4 Å². The second-order valence-electron chi connectivity index (χ2n) is 10.0. The lowest BCUT2D eigenvalue weighted by molar-refractivity contribution is -0.138. The largest absolute Gasteiger partial charge is 0.489 e. The molecule has 0 aliphatic heterocycles. The Morgan fingerprint density at radius 1 is 1.22 bits per heavy atom. The van der Waals surface area contributed by atoms with E-state index in [0.29, 0.717) is 35.5 Å². The Labute approximate surface area is 209 Å². The average Bonchev–Trinajstić information content (AvgIpc) is 3.53. The van der Waals surface area contributed by atoms with Gasteiger partial charge in [0.15, 0.2) is 0 Å². The van der Waals surface area contributed by atoms with Gasteiger partial charge >= 0.3 is 5.97 Å². The number of aliphatic carboxylic acids is 1. The number of carbonyl (C=O) groups is 1. The third-order valence-electron chi connectivity index (χ3n) is 7.35. The second kappa shape index (κ2) is 10.6. The number of nitrogens with zero attached hydrogens (tertiary/aromatic N) is 6. The van der Waals surface area contributed by atoms with Crippen molar-refractivity contribution in [1.29, 1.82) is 0 Å². The smallest absolute Gasteiger partial charge is 0.303 e. The molecule has 5 rings (SSSR count). The quantitative estimate of drug-likeness (QED) is 0.402. The van der Waals surface area contributed by atoms with Crippen LogP contribution in [0.15, 0.2) is 16.7 Å². The van der Waals surface area contributed by atoms with Crippen LogP contribution in [0.4, 0.5) is 5.95 Å². The van der Waals surface area contributed by atoms with Crippen LogP contribution in [0.1, 0.15) is 68.6 Å². The van der Waals surface area contributed by atoms with Gasteiger partial charge in [0.2, 0.25) is 5.89 Å². The highest BCUT2D eigenvalue weighted by molar-refractivity contribution is 5.67. The molecule has 36 heavy (non-hydrogen) atoms. The summed E-state index contributed by atoms with van der Waals surface area (Å²) in [4.78, 5) is 20.2. The van der Waals surface area contributed by atoms with Crippen LogP contribution in [0.25, 0.3) is 11.4 Å². The van der Waals surface area contributed by atoms with Gasteiger partial charge < -0.3 is 19.7 Å². The van der Waals surface area contributed by atoms with Gasteiger partial charge in [-0.3, -0.25) is 4.79 Å². The molecule has 2 atom stereocenters. The summed E-state index contributed by atoms with van der Waals surface area (Å²) in [6.45, 7) is 2.33. The Bertz CT molecular complexity index is 1200. The Kier molecular flexibility index (Phi) is 7.15. The van der Waals surface area contributed by atoms with E-state index in [0.717, 1.165) is 49.4 Å². The summed E-state index contributed by atoms with van der Waals surface area (Å²) in [6, 6.07) is 3.79. The van der Waals surface area contributed by atoms with Crippen LogP contribution in [0.2, 0.25) is 0 Å². The summed E-state index contributed by atoms with van der Waals surface area (Å²) < 4.78 is 13.3. The van der Waals surface area contributed by atoms with E-state index < -0.39 is 5.97 Å². The zero-order valence-corrected chi connectivity index (χ0v) is 20.8. The van der Waals surface area contributed by atoms with Crippen LogP contribution in [-0.2, 0) is 24.8 Å². The van der Waals surface area contributed by atoms with Gasteiger partial charge in [-0.1, -0.05) is 24.5 Å². The maximum absolute atomic E-state index is 11.0. The number of carboxylic acids is 1. The molecular formula is C25H33N7O4. The maximum Gasteiger partial charge on any atom is 0.303 e. The monoisotopic (exact) mass is 495 g/mol. The molecular weight excluding hydrogens is 462 g/mol. The molecule has 0 bridgehead atoms. The lowest BCUT2D eigenvalue weighted by atomic mass is 9.82. The van der Waals surface area contributed by atoms with Crippen LogP contribution in [0.5, 0.6) is 5.75 Å². The molecule has 2 aliphatic rings. The molecule has 0 radical (unpaired) electrons. The predicted octanol–water partition coefficient (Wildman–Crippen LogP) is 3.94. The first-order chi connectivity index (χ1) is 17.4. The molecule has 3 aromatic heterocycles. The highest BCUT2D eigenvalue weighted by atomic mass is 16.5. The van der Waals surface area contributed by atoms with E-state index in [-0.39, 0.29) is 18.4 Å². The molecule has 2 fully saturated rings. The third kappa shape index (κ3) is 5.66. The van der Waals surface area contributed by atoms with Crippen molar-refractivity contribution in [1.82, 2.24) is 30.1 Å². The molecule has 192 valence electrons. The van der Waals surface area contributed by atoms with E-state index in [9.17, 15) is 4.79 Å². The van der Waals surface area contributed by atoms with Crippen molar-refractivity contribution >= 4 is 11.9 Å². The second-order valence-corrected chi connectivity index (χ2v) is 10.0. The normalized spacial score (nSPS) is 19.8. The van der Waals surface area contributed by atoms with E-state index in [4.69, 9.17) is 19.4 Å². The standard InChI is InChI=1S/C25H33N7O4/c1-15-21(35-18-8-6-17(12-18)13-23(33)34)10-9-19(27-15)24-20(32(2)31-29-24)14-26-25-28-22(36-30-25)11-7-16-4-3-5-16/h9-10,16-18H,3-8,11-14H2,1-2H3,(H,26,30)(H,33,34)/t17-,18-/m0/s1. The van der Waals surface area contributed by atoms with Crippen LogP contribution in [0.3, 0.4) is 0 Å². The number of hydrogen-bond acceptors (Lipinski definition) is 9. The van der Waals surface area contributed by atoms with E-state index >= 15 is 0 Å². The lowest BCUT2D eigenvalue weighted by Gasteiger charge is -2.24. The zero-order chi connectivity index (χ0) is 25.1. The van der Waals surface area contributed by atoms with Crippen LogP contribution < -0.4 is 10.1 Å². The van der Waals surface area contributed by atoms with Gasteiger partial charge in [-0.15, -0.1) is 5.10 Å². The molecule has 2 saturated carbocycles. The minimum atomic E-state index is -0.749. The fourth-order valence-electron chi connectivity index (χ4n) is 5.03. The Morgan fingerprint density at radius 3 is 2.83 bits per heavy atom. The Balaban J connectivity index is 1.20. The first-order valence-corrected chi connectivity index (χ1v) is 12.8. The van der Waals surface area contributed by atoms with Crippen molar-refractivity contribution in [2.75, 3.05) is 5.32 Å². The first kappa shape index (κ1) is 24.2. The van der Waals surface area contributed by atoms with E-state index in [1.54, 1.807) is 4.68 Å². The molecule has 3 aromatic rings. The number of aromatic nitrogens is 6. The molecule has 11 nitrogen and oxygen atoms in total. The Morgan fingerprint density at radius 2 is 2.08 bits per heavy atom. The molecule has 0 aromatic carbocycles. The maximum atomic E-state index is 11.0. The first-order valence-electron chi connectivity index (χ1n) is 12.8. The number of nitrogens with one attached hydrogen (secondary N) is 1. The molecule has 0 amide bonds. The minimum Gasteiger partial charge on any atom is -0.489 e. The van der Waals surface area contributed by atoms with E-state index in [1.807, 2.05) is 26.1 Å². The van der Waals surface area contributed by atoms with Crippen molar-refractivity contribution in [3.05, 3.63) is 29.4 Å². The number of rotatable bonds is 11. The van der Waals surface area contributed by atoms with Crippen molar-refractivity contribution in [2.24, 2.45) is 18.9 Å².